The van der Waals surface area contributed by atoms with Crippen molar-refractivity contribution in [2.45, 2.75) is 45.8 Å². The van der Waals surface area contributed by atoms with Crippen molar-refractivity contribution in [1.29, 1.82) is 0 Å². The fraction of sp³-hybridized carbons (Fsp3) is 0.471. The third-order valence-corrected chi connectivity index (χ3v) is 4.95. The Morgan fingerprint density at radius 2 is 2.19 bits per heavy atom. The Morgan fingerprint density at radius 3 is 2.95 bits per heavy atom. The number of benzene rings is 1. The van der Waals surface area contributed by atoms with Crippen LogP contribution in [-0.2, 0) is 19.4 Å². The first-order valence-corrected chi connectivity index (χ1v) is 8.57. The van der Waals surface area contributed by atoms with Gasteiger partial charge in [-0.15, -0.1) is 11.3 Å². The summed E-state index contributed by atoms with van der Waals surface area (Å²) >= 11 is 1.80. The second-order valence-electron chi connectivity index (χ2n) is 5.37. The molecule has 1 aromatic heterocycles. The minimum atomic E-state index is 0.0950. The molecule has 1 aliphatic heterocycles. The zero-order chi connectivity index (χ0) is 14.7. The van der Waals surface area contributed by atoms with Gasteiger partial charge in [-0.2, -0.15) is 0 Å². The van der Waals surface area contributed by atoms with Gasteiger partial charge < -0.3 is 10.1 Å². The van der Waals surface area contributed by atoms with Gasteiger partial charge in [-0.3, -0.25) is 0 Å². The van der Waals surface area contributed by atoms with Crippen molar-refractivity contribution in [1.82, 2.24) is 10.3 Å². The highest BCUT2D eigenvalue weighted by Crippen LogP contribution is 2.38. The summed E-state index contributed by atoms with van der Waals surface area (Å²) in [6.07, 6.45) is 3.18. The number of aryl methyl sites for hydroxylation is 1. The smallest absolute Gasteiger partial charge is 0.154 e. The lowest BCUT2D eigenvalue weighted by Gasteiger charge is -2.06. The van der Waals surface area contributed by atoms with Crippen LogP contribution in [0.3, 0.4) is 0 Å². The molecule has 4 heteroatoms. The van der Waals surface area contributed by atoms with Crippen molar-refractivity contribution in [3.63, 3.8) is 0 Å². The first-order chi connectivity index (χ1) is 10.3. The largest absolute Gasteiger partial charge is 0.483 e. The Morgan fingerprint density at radius 1 is 1.33 bits per heavy atom. The van der Waals surface area contributed by atoms with Crippen LogP contribution in [0.25, 0.3) is 0 Å². The van der Waals surface area contributed by atoms with Gasteiger partial charge >= 0.3 is 0 Å². The van der Waals surface area contributed by atoms with Crippen LogP contribution in [0.1, 0.15) is 47.5 Å². The maximum Gasteiger partial charge on any atom is 0.154 e. The number of aromatic nitrogens is 1. The Bertz CT molecular complexity index is 584. The van der Waals surface area contributed by atoms with E-state index in [-0.39, 0.29) is 6.10 Å². The van der Waals surface area contributed by atoms with Gasteiger partial charge in [0.1, 0.15) is 10.8 Å². The van der Waals surface area contributed by atoms with Crippen LogP contribution in [0.15, 0.2) is 24.3 Å². The molecule has 0 fully saturated rings. The molecule has 1 aliphatic rings. The molecule has 3 rings (SSSR count). The molecule has 0 spiro atoms. The minimum absolute atomic E-state index is 0.0950. The molecule has 0 amide bonds. The molecule has 0 saturated heterocycles. The predicted molar refractivity (Wildman–Crippen MR) is 87.0 cm³/mol. The lowest BCUT2D eigenvalue weighted by atomic mass is 10.1. The molecule has 112 valence electrons. The second kappa shape index (κ2) is 6.58. The molecule has 2 heterocycles. The molecule has 3 nitrogen and oxygen atoms in total. The lowest BCUT2D eigenvalue weighted by Crippen LogP contribution is -2.13. The molecule has 0 bridgehead atoms. The van der Waals surface area contributed by atoms with E-state index in [2.05, 4.69) is 31.3 Å². The van der Waals surface area contributed by atoms with Crippen molar-refractivity contribution in [3.05, 3.63) is 45.4 Å². The van der Waals surface area contributed by atoms with E-state index in [1.165, 1.54) is 16.1 Å². The molecule has 1 atom stereocenters. The van der Waals surface area contributed by atoms with E-state index in [0.29, 0.717) is 0 Å². The number of rotatable bonds is 6. The van der Waals surface area contributed by atoms with Gasteiger partial charge in [-0.05, 0) is 31.0 Å². The zero-order valence-electron chi connectivity index (χ0n) is 12.7. The highest BCUT2D eigenvalue weighted by atomic mass is 32.1. The number of hydrogen-bond donors (Lipinski definition) is 1. The topological polar surface area (TPSA) is 34.1 Å². The molecular formula is C17H22N2OS. The summed E-state index contributed by atoms with van der Waals surface area (Å²) in [5.74, 6) is 1.02. The van der Waals surface area contributed by atoms with Gasteiger partial charge in [0.2, 0.25) is 0 Å². The molecule has 0 saturated carbocycles. The van der Waals surface area contributed by atoms with Crippen molar-refractivity contribution in [2.75, 3.05) is 6.54 Å². The average molecular weight is 302 g/mol. The van der Waals surface area contributed by atoms with Crippen LogP contribution in [-0.4, -0.2) is 11.5 Å². The maximum absolute atomic E-state index is 6.06. The Hall–Kier alpha value is -1.39. The molecule has 0 aliphatic carbocycles. The highest BCUT2D eigenvalue weighted by Gasteiger charge is 2.27. The Kier molecular flexibility index (Phi) is 4.56. The van der Waals surface area contributed by atoms with Gasteiger partial charge in [0.05, 0.1) is 5.69 Å². The monoisotopic (exact) mass is 302 g/mol. The van der Waals surface area contributed by atoms with E-state index in [9.17, 15) is 0 Å². The number of fused-ring (bicyclic) bond motifs is 1. The quantitative estimate of drug-likeness (QED) is 0.822. The number of hydrogen-bond acceptors (Lipinski definition) is 4. The molecule has 2 aromatic rings. The molecule has 21 heavy (non-hydrogen) atoms. The summed E-state index contributed by atoms with van der Waals surface area (Å²) in [6.45, 7) is 6.35. The van der Waals surface area contributed by atoms with Gasteiger partial charge in [-0.25, -0.2) is 4.98 Å². The summed E-state index contributed by atoms with van der Waals surface area (Å²) in [6, 6.07) is 8.30. The number of nitrogens with zero attached hydrogens (tertiary/aromatic N) is 1. The van der Waals surface area contributed by atoms with Crippen molar-refractivity contribution < 1.29 is 4.74 Å². The number of para-hydroxylation sites is 1. The van der Waals surface area contributed by atoms with Crippen LogP contribution in [0, 0.1) is 0 Å². The number of nitrogens with one attached hydrogen (secondary N) is 1. The fourth-order valence-corrected chi connectivity index (χ4v) is 3.81. The van der Waals surface area contributed by atoms with Crippen LogP contribution in [0.2, 0.25) is 0 Å². The first-order valence-electron chi connectivity index (χ1n) is 7.75. The van der Waals surface area contributed by atoms with E-state index in [1.807, 2.05) is 12.1 Å². The third kappa shape index (κ3) is 3.11. The van der Waals surface area contributed by atoms with E-state index >= 15 is 0 Å². The summed E-state index contributed by atoms with van der Waals surface area (Å²) in [5, 5.41) is 4.60. The number of ether oxygens (including phenoxy) is 1. The summed E-state index contributed by atoms with van der Waals surface area (Å²) < 4.78 is 6.06. The van der Waals surface area contributed by atoms with Gasteiger partial charge in [-0.1, -0.05) is 32.0 Å². The first kappa shape index (κ1) is 14.5. The van der Waals surface area contributed by atoms with Crippen molar-refractivity contribution in [2.24, 2.45) is 0 Å². The standard InChI is InChI=1S/C17H22N2OS/c1-3-9-18-11-16-13(4-2)19-17(21-16)15-10-12-7-5-6-8-14(12)20-15/h5-8,15,18H,3-4,9-11H2,1-2H3. The molecule has 1 aromatic carbocycles. The van der Waals surface area contributed by atoms with E-state index < -0.39 is 0 Å². The fourth-order valence-electron chi connectivity index (χ4n) is 2.65. The zero-order valence-corrected chi connectivity index (χ0v) is 13.5. The van der Waals surface area contributed by atoms with Crippen molar-refractivity contribution >= 4 is 11.3 Å². The van der Waals surface area contributed by atoms with Gasteiger partial charge in [0.25, 0.3) is 0 Å². The van der Waals surface area contributed by atoms with Crippen molar-refractivity contribution in [3.8, 4) is 5.75 Å². The van der Waals surface area contributed by atoms with E-state index in [0.717, 1.165) is 43.1 Å². The molecule has 1 unspecified atom stereocenters. The Labute approximate surface area is 130 Å². The maximum atomic E-state index is 6.06. The summed E-state index contributed by atoms with van der Waals surface area (Å²) in [5.41, 5.74) is 2.51. The molecule has 1 N–H and O–H groups in total. The summed E-state index contributed by atoms with van der Waals surface area (Å²) in [7, 11) is 0. The van der Waals surface area contributed by atoms with E-state index in [4.69, 9.17) is 9.72 Å². The van der Waals surface area contributed by atoms with Crippen LogP contribution < -0.4 is 10.1 Å². The second-order valence-corrected chi connectivity index (χ2v) is 6.49. The van der Waals surface area contributed by atoms with Crippen LogP contribution >= 0.6 is 11.3 Å². The highest BCUT2D eigenvalue weighted by molar-refractivity contribution is 7.11. The number of thiazole rings is 1. The normalized spacial score (nSPS) is 16.8. The molecule has 0 radical (unpaired) electrons. The minimum Gasteiger partial charge on any atom is -0.483 e. The molecular weight excluding hydrogens is 280 g/mol. The summed E-state index contributed by atoms with van der Waals surface area (Å²) in [4.78, 5) is 6.19. The Balaban J connectivity index is 1.75. The lowest BCUT2D eigenvalue weighted by molar-refractivity contribution is 0.238. The van der Waals surface area contributed by atoms with Crippen LogP contribution in [0.5, 0.6) is 5.75 Å². The average Bonchev–Trinajstić information content (AvgIpc) is 3.10. The third-order valence-electron chi connectivity index (χ3n) is 3.76. The van der Waals surface area contributed by atoms with Gasteiger partial charge in [0.15, 0.2) is 6.10 Å². The van der Waals surface area contributed by atoms with Crippen LogP contribution in [0.4, 0.5) is 0 Å². The predicted octanol–water partition coefficient (Wildman–Crippen LogP) is 3.88. The SMILES string of the molecule is CCCNCc1sc(C2Cc3ccccc3O2)nc1CC. The van der Waals surface area contributed by atoms with E-state index in [1.54, 1.807) is 11.3 Å². The van der Waals surface area contributed by atoms with Gasteiger partial charge in [0, 0.05) is 17.8 Å².